The van der Waals surface area contributed by atoms with Gasteiger partial charge in [-0.2, -0.15) is 0 Å². The summed E-state index contributed by atoms with van der Waals surface area (Å²) in [6.07, 6.45) is 1.95. The molecule has 1 aromatic carbocycles. The van der Waals surface area contributed by atoms with Gasteiger partial charge in [0.15, 0.2) is 0 Å². The highest BCUT2D eigenvalue weighted by Crippen LogP contribution is 2.12. The van der Waals surface area contributed by atoms with Crippen LogP contribution in [0.25, 0.3) is 0 Å². The lowest BCUT2D eigenvalue weighted by Crippen LogP contribution is -2.27. The Morgan fingerprint density at radius 3 is 2.78 bits per heavy atom. The molecule has 100 valence electrons. The number of nitrogens with two attached hydrogens (primary N) is 1. The van der Waals surface area contributed by atoms with Gasteiger partial charge in [-0.1, -0.05) is 31.5 Å². The predicted octanol–water partition coefficient (Wildman–Crippen LogP) is 2.04. The first-order chi connectivity index (χ1) is 8.63. The molecule has 0 radical (unpaired) electrons. The quantitative estimate of drug-likeness (QED) is 0.457. The average Bonchev–Trinajstić information content (AvgIpc) is 2.32. The van der Waals surface area contributed by atoms with Gasteiger partial charge in [0.2, 0.25) is 0 Å². The number of benzene rings is 1. The van der Waals surface area contributed by atoms with E-state index in [-0.39, 0.29) is 12.5 Å². The molecule has 18 heavy (non-hydrogen) atoms. The Morgan fingerprint density at radius 1 is 1.39 bits per heavy atom. The number of para-hydroxylation sites is 1. The number of anilines is 1. The fourth-order valence-corrected chi connectivity index (χ4v) is 1.62. The van der Waals surface area contributed by atoms with Crippen LogP contribution >= 0.6 is 0 Å². The lowest BCUT2D eigenvalue weighted by Gasteiger charge is -2.16. The third-order valence-electron chi connectivity index (χ3n) is 2.66. The van der Waals surface area contributed by atoms with Crippen molar-refractivity contribution in [2.24, 2.45) is 0 Å². The van der Waals surface area contributed by atoms with E-state index in [0.29, 0.717) is 13.2 Å². The van der Waals surface area contributed by atoms with Crippen LogP contribution in [0.15, 0.2) is 24.3 Å². The van der Waals surface area contributed by atoms with Gasteiger partial charge in [-0.3, -0.25) is 9.69 Å². The van der Waals surface area contributed by atoms with E-state index >= 15 is 0 Å². The number of esters is 1. The fourth-order valence-electron chi connectivity index (χ4n) is 1.62. The van der Waals surface area contributed by atoms with Crippen molar-refractivity contribution in [2.75, 3.05) is 25.9 Å². The summed E-state index contributed by atoms with van der Waals surface area (Å²) in [6.45, 7) is 3.52. The van der Waals surface area contributed by atoms with E-state index in [1.54, 1.807) is 0 Å². The van der Waals surface area contributed by atoms with Gasteiger partial charge in [0, 0.05) is 12.2 Å². The van der Waals surface area contributed by atoms with Gasteiger partial charge in [-0.25, -0.2) is 0 Å². The summed E-state index contributed by atoms with van der Waals surface area (Å²) in [5, 5.41) is 0. The smallest absolute Gasteiger partial charge is 0.320 e. The van der Waals surface area contributed by atoms with E-state index < -0.39 is 0 Å². The maximum absolute atomic E-state index is 11.5. The van der Waals surface area contributed by atoms with Crippen LogP contribution in [0.2, 0.25) is 0 Å². The first-order valence-electron chi connectivity index (χ1n) is 6.31. The molecule has 2 N–H and O–H groups in total. The number of carbonyl (C=O) groups excluding carboxylic acids is 1. The monoisotopic (exact) mass is 250 g/mol. The van der Waals surface area contributed by atoms with E-state index in [1.807, 2.05) is 36.2 Å². The molecule has 0 aliphatic heterocycles. The Hall–Kier alpha value is -1.55. The number of unbranched alkanes of at least 4 members (excludes halogenated alkanes) is 1. The lowest BCUT2D eigenvalue weighted by molar-refractivity contribution is -0.144. The molecule has 0 unspecified atom stereocenters. The van der Waals surface area contributed by atoms with Crippen molar-refractivity contribution in [2.45, 2.75) is 26.3 Å². The first-order valence-corrected chi connectivity index (χ1v) is 6.31. The zero-order valence-corrected chi connectivity index (χ0v) is 11.2. The Labute approximate surface area is 109 Å². The summed E-state index contributed by atoms with van der Waals surface area (Å²) >= 11 is 0. The van der Waals surface area contributed by atoms with E-state index in [2.05, 4.69) is 6.92 Å². The maximum Gasteiger partial charge on any atom is 0.320 e. The van der Waals surface area contributed by atoms with Crippen LogP contribution in [0.5, 0.6) is 0 Å². The number of ether oxygens (including phenoxy) is 1. The second kappa shape index (κ2) is 7.71. The SMILES string of the molecule is CCCCOC(=O)CN(C)Cc1ccccc1N. The van der Waals surface area contributed by atoms with Crippen LogP contribution in [0, 0.1) is 0 Å². The van der Waals surface area contributed by atoms with Crippen molar-refractivity contribution in [3.8, 4) is 0 Å². The molecule has 0 aliphatic rings. The number of nitrogen functional groups attached to an aromatic ring is 1. The van der Waals surface area contributed by atoms with Gasteiger partial charge in [0.05, 0.1) is 13.2 Å². The molecular formula is C14H22N2O2. The van der Waals surface area contributed by atoms with Gasteiger partial charge in [-0.15, -0.1) is 0 Å². The number of rotatable bonds is 7. The Bertz CT molecular complexity index is 380. The minimum absolute atomic E-state index is 0.180. The molecule has 1 aromatic rings. The largest absolute Gasteiger partial charge is 0.465 e. The Kier molecular flexibility index (Phi) is 6.22. The minimum Gasteiger partial charge on any atom is -0.465 e. The molecule has 0 saturated heterocycles. The third kappa shape index (κ3) is 5.19. The molecular weight excluding hydrogens is 228 g/mol. The highest BCUT2D eigenvalue weighted by Gasteiger charge is 2.09. The standard InChI is InChI=1S/C14H22N2O2/c1-3-4-9-18-14(17)11-16(2)10-12-7-5-6-8-13(12)15/h5-8H,3-4,9-11,15H2,1-2H3. The summed E-state index contributed by atoms with van der Waals surface area (Å²) in [4.78, 5) is 13.4. The highest BCUT2D eigenvalue weighted by atomic mass is 16.5. The molecule has 0 aromatic heterocycles. The van der Waals surface area contributed by atoms with Crippen LogP contribution in [0.1, 0.15) is 25.3 Å². The van der Waals surface area contributed by atoms with Crippen molar-refractivity contribution in [3.05, 3.63) is 29.8 Å². The maximum atomic E-state index is 11.5. The number of hydrogen-bond donors (Lipinski definition) is 1. The topological polar surface area (TPSA) is 55.6 Å². The van der Waals surface area contributed by atoms with Crippen molar-refractivity contribution >= 4 is 11.7 Å². The number of carbonyl (C=O) groups is 1. The molecule has 0 fully saturated rings. The molecule has 0 amide bonds. The molecule has 0 aliphatic carbocycles. The van der Waals surface area contributed by atoms with Crippen LogP contribution in [-0.4, -0.2) is 31.1 Å². The summed E-state index contributed by atoms with van der Waals surface area (Å²) in [5.74, 6) is -0.180. The lowest BCUT2D eigenvalue weighted by atomic mass is 10.2. The summed E-state index contributed by atoms with van der Waals surface area (Å²) < 4.78 is 5.11. The van der Waals surface area contributed by atoms with Crippen LogP contribution in [0.4, 0.5) is 5.69 Å². The Morgan fingerprint density at radius 2 is 2.11 bits per heavy atom. The second-order valence-electron chi connectivity index (χ2n) is 4.45. The van der Waals surface area contributed by atoms with Crippen LogP contribution < -0.4 is 5.73 Å². The van der Waals surface area contributed by atoms with Gasteiger partial charge < -0.3 is 10.5 Å². The van der Waals surface area contributed by atoms with Crippen molar-refractivity contribution < 1.29 is 9.53 Å². The molecule has 0 bridgehead atoms. The number of nitrogens with zero attached hydrogens (tertiary/aromatic N) is 1. The van der Waals surface area contributed by atoms with Crippen LogP contribution in [-0.2, 0) is 16.1 Å². The minimum atomic E-state index is -0.180. The molecule has 4 heteroatoms. The second-order valence-corrected chi connectivity index (χ2v) is 4.45. The number of likely N-dealkylation sites (N-methyl/N-ethyl adjacent to an activating group) is 1. The average molecular weight is 250 g/mol. The molecule has 0 saturated carbocycles. The van der Waals surface area contributed by atoms with Gasteiger partial charge in [0.25, 0.3) is 0 Å². The van der Waals surface area contributed by atoms with Crippen LogP contribution in [0.3, 0.4) is 0 Å². The number of hydrogen-bond acceptors (Lipinski definition) is 4. The highest BCUT2D eigenvalue weighted by molar-refractivity contribution is 5.71. The van der Waals surface area contributed by atoms with Crippen molar-refractivity contribution in [3.63, 3.8) is 0 Å². The molecule has 0 heterocycles. The van der Waals surface area contributed by atoms with E-state index in [1.165, 1.54) is 0 Å². The Balaban J connectivity index is 2.35. The van der Waals surface area contributed by atoms with Crippen molar-refractivity contribution in [1.29, 1.82) is 0 Å². The van der Waals surface area contributed by atoms with Gasteiger partial charge >= 0.3 is 5.97 Å². The van der Waals surface area contributed by atoms with E-state index in [4.69, 9.17) is 10.5 Å². The summed E-state index contributed by atoms with van der Waals surface area (Å²) in [6, 6.07) is 7.67. The first kappa shape index (κ1) is 14.5. The van der Waals surface area contributed by atoms with Gasteiger partial charge in [-0.05, 0) is 25.1 Å². The third-order valence-corrected chi connectivity index (χ3v) is 2.66. The predicted molar refractivity (Wildman–Crippen MR) is 73.1 cm³/mol. The normalized spacial score (nSPS) is 10.6. The summed E-state index contributed by atoms with van der Waals surface area (Å²) in [5.41, 5.74) is 7.64. The summed E-state index contributed by atoms with van der Waals surface area (Å²) in [7, 11) is 1.88. The molecule has 0 atom stereocenters. The zero-order chi connectivity index (χ0) is 13.4. The molecule has 1 rings (SSSR count). The van der Waals surface area contributed by atoms with E-state index in [0.717, 1.165) is 24.1 Å². The van der Waals surface area contributed by atoms with Crippen molar-refractivity contribution in [1.82, 2.24) is 4.90 Å². The molecule has 4 nitrogen and oxygen atoms in total. The van der Waals surface area contributed by atoms with Gasteiger partial charge in [0.1, 0.15) is 0 Å². The molecule has 0 spiro atoms. The fraction of sp³-hybridized carbons (Fsp3) is 0.500. The zero-order valence-electron chi connectivity index (χ0n) is 11.2. The van der Waals surface area contributed by atoms with E-state index in [9.17, 15) is 4.79 Å².